The summed E-state index contributed by atoms with van der Waals surface area (Å²) in [5.74, 6) is 0.443. The Morgan fingerprint density at radius 3 is 2.37 bits per heavy atom. The van der Waals surface area contributed by atoms with Crippen molar-refractivity contribution in [2.75, 3.05) is 12.3 Å². The molecule has 1 saturated heterocycles. The highest BCUT2D eigenvalue weighted by Gasteiger charge is 2.43. The maximum absolute atomic E-state index is 9.90. The Hall–Kier alpha value is -1.38. The van der Waals surface area contributed by atoms with E-state index >= 15 is 0 Å². The number of aliphatic hydroxyl groups is 3. The molecule has 5 atom stereocenters. The zero-order valence-electron chi connectivity index (χ0n) is 10.2. The standard InChI is InChI=1S/C12H18N2O5/c13-6-1-3-7(4-2-6)18-12-11(17)9(14)10(16)8(5-15)19-12/h1-4,8-12,15-17H,5,13-14H2/t8?,9-,10?,11?,12+/m1/s1. The number of nitrogens with two attached hydrogens (primary N) is 2. The topological polar surface area (TPSA) is 131 Å². The second kappa shape index (κ2) is 5.72. The summed E-state index contributed by atoms with van der Waals surface area (Å²) < 4.78 is 10.7. The van der Waals surface area contributed by atoms with E-state index in [2.05, 4.69) is 0 Å². The fraction of sp³-hybridized carbons (Fsp3) is 0.500. The zero-order valence-corrected chi connectivity index (χ0v) is 10.2. The lowest BCUT2D eigenvalue weighted by Crippen LogP contribution is -2.63. The largest absolute Gasteiger partial charge is 0.462 e. The fourth-order valence-electron chi connectivity index (χ4n) is 1.89. The van der Waals surface area contributed by atoms with Crippen molar-refractivity contribution in [1.82, 2.24) is 0 Å². The molecule has 19 heavy (non-hydrogen) atoms. The van der Waals surface area contributed by atoms with E-state index in [1.54, 1.807) is 24.3 Å². The summed E-state index contributed by atoms with van der Waals surface area (Å²) in [5, 5.41) is 28.7. The summed E-state index contributed by atoms with van der Waals surface area (Å²) in [4.78, 5) is 0. The molecule has 1 aliphatic rings. The molecule has 0 radical (unpaired) electrons. The van der Waals surface area contributed by atoms with Crippen LogP contribution in [0.4, 0.5) is 5.69 Å². The lowest BCUT2D eigenvalue weighted by Gasteiger charge is -2.40. The van der Waals surface area contributed by atoms with E-state index in [0.29, 0.717) is 11.4 Å². The number of ether oxygens (including phenoxy) is 2. The van der Waals surface area contributed by atoms with Crippen LogP contribution in [0.5, 0.6) is 5.75 Å². The molecular weight excluding hydrogens is 252 g/mol. The van der Waals surface area contributed by atoms with E-state index in [1.165, 1.54) is 0 Å². The van der Waals surface area contributed by atoms with Crippen LogP contribution in [0.25, 0.3) is 0 Å². The van der Waals surface area contributed by atoms with Crippen molar-refractivity contribution in [3.05, 3.63) is 24.3 Å². The summed E-state index contributed by atoms with van der Waals surface area (Å²) in [6.45, 7) is -0.414. The molecule has 0 bridgehead atoms. The molecular formula is C12H18N2O5. The van der Waals surface area contributed by atoms with Crippen molar-refractivity contribution in [3.8, 4) is 5.75 Å². The average molecular weight is 270 g/mol. The lowest BCUT2D eigenvalue weighted by molar-refractivity contribution is -0.247. The van der Waals surface area contributed by atoms with Crippen LogP contribution in [-0.2, 0) is 4.74 Å². The minimum atomic E-state index is -1.20. The highest BCUT2D eigenvalue weighted by molar-refractivity contribution is 5.41. The van der Waals surface area contributed by atoms with Gasteiger partial charge in [-0.2, -0.15) is 0 Å². The molecule has 0 aliphatic carbocycles. The second-order valence-electron chi connectivity index (χ2n) is 4.47. The van der Waals surface area contributed by atoms with Crippen LogP contribution in [0.15, 0.2) is 24.3 Å². The van der Waals surface area contributed by atoms with Crippen LogP contribution < -0.4 is 16.2 Å². The van der Waals surface area contributed by atoms with E-state index in [4.69, 9.17) is 26.0 Å². The van der Waals surface area contributed by atoms with Crippen molar-refractivity contribution in [2.24, 2.45) is 5.73 Å². The predicted octanol–water partition coefficient (Wildman–Crippen LogP) is -1.59. The Morgan fingerprint density at radius 2 is 1.79 bits per heavy atom. The van der Waals surface area contributed by atoms with Gasteiger partial charge in [0, 0.05) is 5.69 Å². The quantitative estimate of drug-likeness (QED) is 0.418. The number of aliphatic hydroxyl groups excluding tert-OH is 3. The van der Waals surface area contributed by atoms with Crippen LogP contribution in [0.1, 0.15) is 0 Å². The minimum absolute atomic E-state index is 0.414. The molecule has 0 saturated carbocycles. The number of rotatable bonds is 3. The number of nitrogen functional groups attached to an aromatic ring is 1. The second-order valence-corrected chi connectivity index (χ2v) is 4.47. The lowest BCUT2D eigenvalue weighted by atomic mass is 9.97. The third kappa shape index (κ3) is 2.96. The molecule has 1 aromatic rings. The zero-order chi connectivity index (χ0) is 14.0. The van der Waals surface area contributed by atoms with Gasteiger partial charge in [0.05, 0.1) is 12.6 Å². The average Bonchev–Trinajstić information content (AvgIpc) is 2.42. The number of benzene rings is 1. The highest BCUT2D eigenvalue weighted by Crippen LogP contribution is 2.23. The molecule has 0 aromatic heterocycles. The number of hydrogen-bond acceptors (Lipinski definition) is 7. The molecule has 3 unspecified atom stereocenters. The first kappa shape index (κ1) is 14.0. The van der Waals surface area contributed by atoms with Crippen molar-refractivity contribution < 1.29 is 24.8 Å². The van der Waals surface area contributed by atoms with Crippen LogP contribution in [0.2, 0.25) is 0 Å². The Morgan fingerprint density at radius 1 is 1.16 bits per heavy atom. The van der Waals surface area contributed by atoms with E-state index in [1.807, 2.05) is 0 Å². The Balaban J connectivity index is 2.08. The van der Waals surface area contributed by atoms with Gasteiger partial charge in [-0.1, -0.05) is 0 Å². The van der Waals surface area contributed by atoms with Gasteiger partial charge in [-0.3, -0.25) is 0 Å². The summed E-state index contributed by atoms with van der Waals surface area (Å²) in [7, 11) is 0. The predicted molar refractivity (Wildman–Crippen MR) is 67.2 cm³/mol. The molecule has 106 valence electrons. The summed E-state index contributed by atoms with van der Waals surface area (Å²) in [6.07, 6.45) is -4.29. The van der Waals surface area contributed by atoms with Crippen LogP contribution in [-0.4, -0.2) is 52.6 Å². The number of anilines is 1. The molecule has 0 spiro atoms. The Bertz CT molecular complexity index is 411. The minimum Gasteiger partial charge on any atom is -0.462 e. The Labute approximate surface area is 110 Å². The van der Waals surface area contributed by atoms with Gasteiger partial charge in [-0.15, -0.1) is 0 Å². The van der Waals surface area contributed by atoms with Crippen molar-refractivity contribution in [1.29, 1.82) is 0 Å². The van der Waals surface area contributed by atoms with Crippen LogP contribution in [0, 0.1) is 0 Å². The highest BCUT2D eigenvalue weighted by atomic mass is 16.7. The van der Waals surface area contributed by atoms with Gasteiger partial charge in [0.15, 0.2) is 0 Å². The van der Waals surface area contributed by atoms with E-state index < -0.39 is 37.3 Å². The maximum Gasteiger partial charge on any atom is 0.228 e. The van der Waals surface area contributed by atoms with Gasteiger partial charge in [0.1, 0.15) is 24.1 Å². The first-order valence-electron chi connectivity index (χ1n) is 5.93. The third-order valence-corrected chi connectivity index (χ3v) is 3.07. The normalized spacial score (nSPS) is 35.1. The number of hydrogen-bond donors (Lipinski definition) is 5. The SMILES string of the molecule is Nc1ccc(O[C@H]2OC(CO)C(O)[C@@H](N)C2O)cc1. The van der Waals surface area contributed by atoms with Gasteiger partial charge in [-0.05, 0) is 24.3 Å². The smallest absolute Gasteiger partial charge is 0.228 e. The molecule has 1 aliphatic heterocycles. The summed E-state index contributed by atoms with van der Waals surface area (Å²) in [5.41, 5.74) is 11.8. The Kier molecular flexibility index (Phi) is 4.23. The monoisotopic (exact) mass is 270 g/mol. The van der Waals surface area contributed by atoms with Crippen LogP contribution in [0.3, 0.4) is 0 Å². The van der Waals surface area contributed by atoms with E-state index in [9.17, 15) is 10.2 Å². The molecule has 0 amide bonds. The molecule has 1 heterocycles. The maximum atomic E-state index is 9.90. The van der Waals surface area contributed by atoms with Crippen molar-refractivity contribution in [2.45, 2.75) is 30.6 Å². The molecule has 7 nitrogen and oxygen atoms in total. The summed E-state index contributed by atoms with van der Waals surface area (Å²) in [6, 6.07) is 5.57. The van der Waals surface area contributed by atoms with Gasteiger partial charge < -0.3 is 36.3 Å². The van der Waals surface area contributed by atoms with Crippen LogP contribution >= 0.6 is 0 Å². The first-order chi connectivity index (χ1) is 9.02. The molecule has 7 heteroatoms. The van der Waals surface area contributed by atoms with Gasteiger partial charge in [0.25, 0.3) is 0 Å². The molecule has 1 aromatic carbocycles. The molecule has 1 fully saturated rings. The third-order valence-electron chi connectivity index (χ3n) is 3.07. The van der Waals surface area contributed by atoms with Gasteiger partial charge in [0.2, 0.25) is 6.29 Å². The van der Waals surface area contributed by atoms with Gasteiger partial charge >= 0.3 is 0 Å². The van der Waals surface area contributed by atoms with Crippen molar-refractivity contribution in [3.63, 3.8) is 0 Å². The first-order valence-corrected chi connectivity index (χ1v) is 5.93. The van der Waals surface area contributed by atoms with Gasteiger partial charge in [-0.25, -0.2) is 0 Å². The molecule has 2 rings (SSSR count). The van der Waals surface area contributed by atoms with Crippen molar-refractivity contribution >= 4 is 5.69 Å². The van der Waals surface area contributed by atoms with E-state index in [0.717, 1.165) is 0 Å². The summed E-state index contributed by atoms with van der Waals surface area (Å²) >= 11 is 0. The molecule has 7 N–H and O–H groups in total. The fourth-order valence-corrected chi connectivity index (χ4v) is 1.89. The van der Waals surface area contributed by atoms with E-state index in [-0.39, 0.29) is 0 Å².